The maximum Gasteiger partial charge on any atom is 0.253 e. The highest BCUT2D eigenvalue weighted by Gasteiger charge is 2.31. The Kier molecular flexibility index (Phi) is 6.93. The summed E-state index contributed by atoms with van der Waals surface area (Å²) in [7, 11) is 0. The van der Waals surface area contributed by atoms with Crippen LogP contribution < -0.4 is 4.90 Å². The van der Waals surface area contributed by atoms with E-state index >= 15 is 0 Å². The summed E-state index contributed by atoms with van der Waals surface area (Å²) in [5.41, 5.74) is 5.42. The third kappa shape index (κ3) is 5.16. The van der Waals surface area contributed by atoms with Crippen molar-refractivity contribution < 1.29 is 4.79 Å². The van der Waals surface area contributed by atoms with Gasteiger partial charge in [-0.1, -0.05) is 47.0 Å². The van der Waals surface area contributed by atoms with Crippen molar-refractivity contribution in [1.82, 2.24) is 4.90 Å². The number of carbonyl (C=O) groups excluding carboxylic acids is 1. The average Bonchev–Trinajstić information content (AvgIpc) is 3.29. The van der Waals surface area contributed by atoms with Crippen LogP contribution in [0.15, 0.2) is 60.7 Å². The second-order valence-electron chi connectivity index (χ2n) is 8.54. The van der Waals surface area contributed by atoms with Crippen molar-refractivity contribution in [3.63, 3.8) is 0 Å². The van der Waals surface area contributed by atoms with E-state index in [1.165, 1.54) is 0 Å². The lowest BCUT2D eigenvalue weighted by atomic mass is 10.1. The predicted octanol–water partition coefficient (Wildman–Crippen LogP) is 6.40. The highest BCUT2D eigenvalue weighted by Crippen LogP contribution is 2.31. The highest BCUT2D eigenvalue weighted by atomic mass is 35.5. The maximum absolute atomic E-state index is 13.1. The minimum atomic E-state index is 0.0537. The lowest BCUT2D eigenvalue weighted by Crippen LogP contribution is -2.39. The van der Waals surface area contributed by atoms with Gasteiger partial charge in [0.05, 0.1) is 10.6 Å². The Bertz CT molecular complexity index is 1230. The highest BCUT2D eigenvalue weighted by molar-refractivity contribution is 6.32. The molecule has 0 aromatic heterocycles. The Morgan fingerprint density at radius 1 is 1.12 bits per heavy atom. The van der Waals surface area contributed by atoms with Gasteiger partial charge in [-0.3, -0.25) is 4.79 Å². The summed E-state index contributed by atoms with van der Waals surface area (Å²) >= 11 is 12.7. The van der Waals surface area contributed by atoms with Gasteiger partial charge in [0.15, 0.2) is 0 Å². The van der Waals surface area contributed by atoms with Gasteiger partial charge in [-0.25, -0.2) is 0 Å². The number of rotatable bonds is 5. The molecule has 1 aliphatic rings. The smallest absolute Gasteiger partial charge is 0.253 e. The normalized spacial score (nSPS) is 15.4. The fraction of sp³-hybridized carbons (Fsp3) is 0.259. The summed E-state index contributed by atoms with van der Waals surface area (Å²) in [5.74, 6) is 0.0537. The van der Waals surface area contributed by atoms with E-state index in [0.29, 0.717) is 40.8 Å². The maximum atomic E-state index is 13.1. The number of anilines is 1. The molecule has 1 amide bonds. The molecule has 0 saturated carbocycles. The quantitative estimate of drug-likeness (QED) is 0.426. The first kappa shape index (κ1) is 23.2. The third-order valence-corrected chi connectivity index (χ3v) is 6.76. The zero-order valence-electron chi connectivity index (χ0n) is 18.7. The van der Waals surface area contributed by atoms with Gasteiger partial charge in [0, 0.05) is 41.9 Å². The van der Waals surface area contributed by atoms with E-state index in [0.717, 1.165) is 28.8 Å². The molecule has 1 saturated heterocycles. The van der Waals surface area contributed by atoms with Gasteiger partial charge in [0.1, 0.15) is 6.07 Å². The molecular formula is C27H25Cl2N3O. The van der Waals surface area contributed by atoms with E-state index in [2.05, 4.69) is 17.9 Å². The van der Waals surface area contributed by atoms with E-state index < -0.39 is 0 Å². The summed E-state index contributed by atoms with van der Waals surface area (Å²) in [5, 5.41) is 10.4. The molecule has 168 valence electrons. The molecule has 0 aliphatic carbocycles. The molecule has 0 radical (unpaired) electrons. The largest absolute Gasteiger partial charge is 0.362 e. The van der Waals surface area contributed by atoms with Crippen molar-refractivity contribution >= 4 is 34.8 Å². The second kappa shape index (κ2) is 9.87. The SMILES string of the molecule is Cc1cccc(C(=O)N2CC[C@H](N(Cc3cc(Cl)ccc3C)c3ccc(C#N)c(Cl)c3)C2)c1. The van der Waals surface area contributed by atoms with Crippen LogP contribution >= 0.6 is 23.2 Å². The van der Waals surface area contributed by atoms with Gasteiger partial charge in [0.2, 0.25) is 0 Å². The van der Waals surface area contributed by atoms with E-state index in [-0.39, 0.29) is 11.9 Å². The van der Waals surface area contributed by atoms with Crippen molar-refractivity contribution in [2.24, 2.45) is 0 Å². The number of hydrogen-bond donors (Lipinski definition) is 0. The molecule has 0 spiro atoms. The molecule has 3 aromatic carbocycles. The third-order valence-electron chi connectivity index (χ3n) is 6.21. The van der Waals surface area contributed by atoms with Crippen LogP contribution in [0.4, 0.5) is 5.69 Å². The molecular weight excluding hydrogens is 453 g/mol. The number of benzene rings is 3. The molecule has 0 unspecified atom stereocenters. The van der Waals surface area contributed by atoms with Crippen molar-refractivity contribution in [3.8, 4) is 6.07 Å². The Morgan fingerprint density at radius 3 is 2.67 bits per heavy atom. The number of amides is 1. The monoisotopic (exact) mass is 477 g/mol. The van der Waals surface area contributed by atoms with Gasteiger partial charge < -0.3 is 9.80 Å². The van der Waals surface area contributed by atoms with Crippen molar-refractivity contribution in [2.75, 3.05) is 18.0 Å². The fourth-order valence-corrected chi connectivity index (χ4v) is 4.75. The average molecular weight is 478 g/mol. The van der Waals surface area contributed by atoms with Crippen LogP contribution in [0.1, 0.15) is 39.0 Å². The lowest BCUT2D eigenvalue weighted by Gasteiger charge is -2.32. The first-order chi connectivity index (χ1) is 15.9. The topological polar surface area (TPSA) is 47.3 Å². The predicted molar refractivity (Wildman–Crippen MR) is 134 cm³/mol. The molecule has 1 fully saturated rings. The van der Waals surface area contributed by atoms with E-state index in [1.807, 2.05) is 66.4 Å². The molecule has 4 nitrogen and oxygen atoms in total. The van der Waals surface area contributed by atoms with Crippen LogP contribution in [0.25, 0.3) is 0 Å². The van der Waals surface area contributed by atoms with Gasteiger partial charge in [0.25, 0.3) is 5.91 Å². The molecule has 6 heteroatoms. The Balaban J connectivity index is 1.63. The first-order valence-corrected chi connectivity index (χ1v) is 11.7. The van der Waals surface area contributed by atoms with Gasteiger partial charge in [-0.15, -0.1) is 0 Å². The van der Waals surface area contributed by atoms with E-state index in [9.17, 15) is 10.1 Å². The van der Waals surface area contributed by atoms with Crippen LogP contribution in [0.5, 0.6) is 0 Å². The Hall–Kier alpha value is -3.00. The number of halogens is 2. The number of aryl methyl sites for hydroxylation is 2. The minimum absolute atomic E-state index is 0.0537. The van der Waals surface area contributed by atoms with Crippen LogP contribution in [0.3, 0.4) is 0 Å². The second-order valence-corrected chi connectivity index (χ2v) is 9.38. The molecule has 4 rings (SSSR count). The molecule has 1 atom stereocenters. The molecule has 1 heterocycles. The standard InChI is InChI=1S/C27H25Cl2N3O/c1-18-4-3-5-20(12-18)27(33)31-11-10-25(17-31)32(16-22-13-23(28)8-6-19(22)2)24-9-7-21(15-30)26(29)14-24/h3-9,12-14,25H,10-11,16-17H2,1-2H3/t25-/m0/s1. The zero-order valence-corrected chi connectivity index (χ0v) is 20.2. The van der Waals surface area contributed by atoms with Gasteiger partial charge >= 0.3 is 0 Å². The summed E-state index contributed by atoms with van der Waals surface area (Å²) in [6, 6.07) is 21.4. The zero-order chi connectivity index (χ0) is 23.5. The summed E-state index contributed by atoms with van der Waals surface area (Å²) < 4.78 is 0. The number of hydrogen-bond acceptors (Lipinski definition) is 3. The van der Waals surface area contributed by atoms with Crippen molar-refractivity contribution in [2.45, 2.75) is 32.9 Å². The van der Waals surface area contributed by atoms with Gasteiger partial charge in [-0.2, -0.15) is 5.26 Å². The minimum Gasteiger partial charge on any atom is -0.362 e. The summed E-state index contributed by atoms with van der Waals surface area (Å²) in [6.07, 6.45) is 0.842. The van der Waals surface area contributed by atoms with Crippen LogP contribution in [0, 0.1) is 25.2 Å². The molecule has 1 aliphatic heterocycles. The fourth-order valence-electron chi connectivity index (χ4n) is 4.34. The summed E-state index contributed by atoms with van der Waals surface area (Å²) in [6.45, 7) is 5.99. The number of nitriles is 1. The lowest BCUT2D eigenvalue weighted by molar-refractivity contribution is 0.0790. The number of carbonyl (C=O) groups is 1. The molecule has 0 bridgehead atoms. The van der Waals surface area contributed by atoms with Crippen LogP contribution in [-0.2, 0) is 6.54 Å². The van der Waals surface area contributed by atoms with E-state index in [4.69, 9.17) is 23.2 Å². The van der Waals surface area contributed by atoms with Crippen molar-refractivity contribution in [1.29, 1.82) is 5.26 Å². The Morgan fingerprint density at radius 2 is 1.94 bits per heavy atom. The van der Waals surface area contributed by atoms with Crippen LogP contribution in [0.2, 0.25) is 10.0 Å². The molecule has 3 aromatic rings. The van der Waals surface area contributed by atoms with Crippen molar-refractivity contribution in [3.05, 3.63) is 98.5 Å². The van der Waals surface area contributed by atoms with Crippen LogP contribution in [-0.4, -0.2) is 29.9 Å². The number of nitrogens with zero attached hydrogens (tertiary/aromatic N) is 3. The van der Waals surface area contributed by atoms with E-state index in [1.54, 1.807) is 6.07 Å². The van der Waals surface area contributed by atoms with Gasteiger partial charge in [-0.05, 0) is 73.9 Å². The Labute approximate surface area is 205 Å². The first-order valence-electron chi connectivity index (χ1n) is 10.9. The molecule has 0 N–H and O–H groups in total. The molecule has 33 heavy (non-hydrogen) atoms. The number of likely N-dealkylation sites (tertiary alicyclic amines) is 1. The summed E-state index contributed by atoms with van der Waals surface area (Å²) in [4.78, 5) is 17.3.